The highest BCUT2D eigenvalue weighted by Crippen LogP contribution is 2.14. The van der Waals surface area contributed by atoms with E-state index in [1.165, 1.54) is 12.3 Å². The average molecular weight is 280 g/mol. The average Bonchev–Trinajstić information content (AvgIpc) is 2.48. The number of allylic oxidation sites excluding steroid dienone is 2. The van der Waals surface area contributed by atoms with E-state index < -0.39 is 0 Å². The molecule has 0 spiro atoms. The monoisotopic (exact) mass is 280 g/mol. The molecular weight excluding hydrogens is 264 g/mol. The van der Waals surface area contributed by atoms with Crippen LogP contribution in [0.1, 0.15) is 13.8 Å². The molecule has 0 aromatic heterocycles. The van der Waals surface area contributed by atoms with Crippen LogP contribution in [0.25, 0.3) is 0 Å². The molecule has 1 aromatic rings. The fourth-order valence-corrected chi connectivity index (χ4v) is 1.36. The normalized spacial score (nSPS) is 9.76. The fraction of sp³-hybridized carbons (Fsp3) is 0.188. The van der Waals surface area contributed by atoms with Crippen molar-refractivity contribution >= 4 is 17.3 Å². The second kappa shape index (κ2) is 8.19. The van der Waals surface area contributed by atoms with Gasteiger partial charge in [0.05, 0.1) is 0 Å². The summed E-state index contributed by atoms with van der Waals surface area (Å²) in [6.07, 6.45) is 4.66. The number of hydrogen-bond donors (Lipinski definition) is 2. The minimum atomic E-state index is -0.180. The van der Waals surface area contributed by atoms with Crippen molar-refractivity contribution in [2.75, 3.05) is 10.6 Å². The van der Waals surface area contributed by atoms with Crippen LogP contribution in [0.5, 0.6) is 0 Å². The van der Waals surface area contributed by atoms with Crippen LogP contribution in [0.3, 0.4) is 0 Å². The summed E-state index contributed by atoms with van der Waals surface area (Å²) in [5.74, 6) is 0.143. The first kappa shape index (κ1) is 16.0. The maximum absolute atomic E-state index is 11.6. The van der Waals surface area contributed by atoms with Gasteiger partial charge in [-0.25, -0.2) is 0 Å². The standard InChI is InChI=1S/C16H16N4O/c1-12(2)3-8-16(21)20-15-6-4-14(5-7-15)19-11-13(9-17)10-18/h3-8,11-12,19H,1-2H3,(H,20,21). The largest absolute Gasteiger partial charge is 0.360 e. The minimum absolute atomic E-state index is 0.00815. The topological polar surface area (TPSA) is 88.7 Å². The molecule has 1 amide bonds. The Kier molecular flexibility index (Phi) is 6.24. The Hall–Kier alpha value is -3.05. The van der Waals surface area contributed by atoms with E-state index in [9.17, 15) is 4.79 Å². The Morgan fingerprint density at radius 2 is 1.71 bits per heavy atom. The van der Waals surface area contributed by atoms with Crippen LogP contribution in [-0.2, 0) is 4.79 Å². The van der Waals surface area contributed by atoms with Crippen molar-refractivity contribution in [2.24, 2.45) is 5.92 Å². The lowest BCUT2D eigenvalue weighted by molar-refractivity contribution is -0.111. The molecule has 0 saturated carbocycles. The fourth-order valence-electron chi connectivity index (χ4n) is 1.36. The molecule has 2 N–H and O–H groups in total. The number of rotatable bonds is 5. The molecule has 106 valence electrons. The van der Waals surface area contributed by atoms with E-state index in [0.29, 0.717) is 17.3 Å². The van der Waals surface area contributed by atoms with Gasteiger partial charge < -0.3 is 10.6 Å². The molecular formula is C16H16N4O. The Morgan fingerprint density at radius 1 is 1.14 bits per heavy atom. The summed E-state index contributed by atoms with van der Waals surface area (Å²) < 4.78 is 0. The van der Waals surface area contributed by atoms with Gasteiger partial charge in [-0.15, -0.1) is 0 Å². The van der Waals surface area contributed by atoms with Gasteiger partial charge in [0, 0.05) is 17.6 Å². The second-order valence-corrected chi connectivity index (χ2v) is 4.60. The third-order valence-corrected chi connectivity index (χ3v) is 2.41. The smallest absolute Gasteiger partial charge is 0.248 e. The Morgan fingerprint density at radius 3 is 2.24 bits per heavy atom. The van der Waals surface area contributed by atoms with Crippen molar-refractivity contribution < 1.29 is 4.79 Å². The van der Waals surface area contributed by atoms with Crippen molar-refractivity contribution in [3.05, 3.63) is 48.2 Å². The van der Waals surface area contributed by atoms with E-state index in [1.54, 1.807) is 36.4 Å². The molecule has 1 rings (SSSR count). The van der Waals surface area contributed by atoms with Crippen LogP contribution < -0.4 is 10.6 Å². The molecule has 0 bridgehead atoms. The zero-order valence-electron chi connectivity index (χ0n) is 11.9. The maximum atomic E-state index is 11.6. The van der Waals surface area contributed by atoms with Gasteiger partial charge in [0.25, 0.3) is 0 Å². The summed E-state index contributed by atoms with van der Waals surface area (Å²) in [5, 5.41) is 22.8. The lowest BCUT2D eigenvalue weighted by Crippen LogP contribution is -2.08. The summed E-state index contributed by atoms with van der Waals surface area (Å²) >= 11 is 0. The highest BCUT2D eigenvalue weighted by molar-refractivity contribution is 5.99. The van der Waals surface area contributed by atoms with E-state index >= 15 is 0 Å². The first-order chi connectivity index (χ1) is 10.0. The predicted octanol–water partition coefficient (Wildman–Crippen LogP) is 3.18. The van der Waals surface area contributed by atoms with Gasteiger partial charge >= 0.3 is 0 Å². The van der Waals surface area contributed by atoms with Gasteiger partial charge in [0.15, 0.2) is 0 Å². The van der Waals surface area contributed by atoms with Gasteiger partial charge in [-0.05, 0) is 36.3 Å². The SMILES string of the molecule is CC(C)C=CC(=O)Nc1ccc(NC=C(C#N)C#N)cc1. The van der Waals surface area contributed by atoms with Crippen LogP contribution in [0, 0.1) is 28.6 Å². The summed E-state index contributed by atoms with van der Waals surface area (Å²) in [4.78, 5) is 11.6. The molecule has 1 aromatic carbocycles. The summed E-state index contributed by atoms with van der Waals surface area (Å²) in [7, 11) is 0. The first-order valence-corrected chi connectivity index (χ1v) is 6.41. The highest BCUT2D eigenvalue weighted by atomic mass is 16.1. The zero-order chi connectivity index (χ0) is 15.7. The van der Waals surface area contributed by atoms with Crippen molar-refractivity contribution in [2.45, 2.75) is 13.8 Å². The van der Waals surface area contributed by atoms with Gasteiger partial charge in [-0.3, -0.25) is 4.79 Å². The molecule has 0 aliphatic rings. The quantitative estimate of drug-likeness (QED) is 0.640. The van der Waals surface area contributed by atoms with Crippen LogP contribution in [0.2, 0.25) is 0 Å². The third-order valence-electron chi connectivity index (χ3n) is 2.41. The number of nitrogens with zero attached hydrogens (tertiary/aromatic N) is 2. The number of nitriles is 2. The van der Waals surface area contributed by atoms with Crippen LogP contribution in [0.4, 0.5) is 11.4 Å². The van der Waals surface area contributed by atoms with Crippen LogP contribution in [-0.4, -0.2) is 5.91 Å². The molecule has 5 nitrogen and oxygen atoms in total. The van der Waals surface area contributed by atoms with E-state index in [4.69, 9.17) is 10.5 Å². The summed E-state index contributed by atoms with van der Waals surface area (Å²) in [5.41, 5.74) is 1.38. The van der Waals surface area contributed by atoms with Gasteiger partial charge in [-0.1, -0.05) is 19.9 Å². The van der Waals surface area contributed by atoms with Crippen molar-refractivity contribution in [1.82, 2.24) is 0 Å². The molecule has 0 fully saturated rings. The Balaban J connectivity index is 2.63. The lowest BCUT2D eigenvalue weighted by Gasteiger charge is -2.05. The zero-order valence-corrected chi connectivity index (χ0v) is 11.9. The number of benzene rings is 1. The predicted molar refractivity (Wildman–Crippen MR) is 82.0 cm³/mol. The summed E-state index contributed by atoms with van der Waals surface area (Å²) in [6, 6.07) is 10.5. The highest BCUT2D eigenvalue weighted by Gasteiger charge is 1.99. The van der Waals surface area contributed by atoms with Crippen LogP contribution in [0.15, 0.2) is 48.2 Å². The van der Waals surface area contributed by atoms with E-state index in [2.05, 4.69) is 10.6 Å². The van der Waals surface area contributed by atoms with Crippen molar-refractivity contribution in [3.8, 4) is 12.1 Å². The molecule has 0 aliphatic heterocycles. The number of hydrogen-bond acceptors (Lipinski definition) is 4. The van der Waals surface area contributed by atoms with Crippen LogP contribution >= 0.6 is 0 Å². The Labute approximate surface area is 124 Å². The maximum Gasteiger partial charge on any atom is 0.248 e. The molecule has 0 unspecified atom stereocenters. The molecule has 0 heterocycles. The number of nitrogens with one attached hydrogen (secondary N) is 2. The molecule has 5 heteroatoms. The molecule has 21 heavy (non-hydrogen) atoms. The number of amides is 1. The third kappa shape index (κ3) is 6.09. The minimum Gasteiger partial charge on any atom is -0.360 e. The van der Waals surface area contributed by atoms with Crippen molar-refractivity contribution in [3.63, 3.8) is 0 Å². The molecule has 0 saturated heterocycles. The molecule has 0 radical (unpaired) electrons. The lowest BCUT2D eigenvalue weighted by atomic mass is 10.2. The van der Waals surface area contributed by atoms with E-state index in [0.717, 1.165) is 0 Å². The van der Waals surface area contributed by atoms with Gasteiger partial charge in [0.1, 0.15) is 17.7 Å². The van der Waals surface area contributed by atoms with Gasteiger partial charge in [0.2, 0.25) is 5.91 Å². The van der Waals surface area contributed by atoms with Crippen molar-refractivity contribution in [1.29, 1.82) is 10.5 Å². The van der Waals surface area contributed by atoms with E-state index in [1.807, 2.05) is 19.9 Å². The molecule has 0 atom stereocenters. The number of carbonyl (C=O) groups is 1. The van der Waals surface area contributed by atoms with Gasteiger partial charge in [-0.2, -0.15) is 10.5 Å². The Bertz CT molecular complexity index is 612. The summed E-state index contributed by atoms with van der Waals surface area (Å²) in [6.45, 7) is 3.99. The number of anilines is 2. The molecule has 0 aliphatic carbocycles. The van der Waals surface area contributed by atoms with E-state index in [-0.39, 0.29) is 11.5 Å². The first-order valence-electron chi connectivity index (χ1n) is 6.41. The second-order valence-electron chi connectivity index (χ2n) is 4.60. The number of carbonyl (C=O) groups excluding carboxylic acids is 1.